The molecule has 0 amide bonds. The van der Waals surface area contributed by atoms with E-state index in [1.54, 1.807) is 11.8 Å². The van der Waals surface area contributed by atoms with Crippen molar-refractivity contribution in [1.82, 2.24) is 4.98 Å². The van der Waals surface area contributed by atoms with Crippen LogP contribution in [0.5, 0.6) is 0 Å². The van der Waals surface area contributed by atoms with Gasteiger partial charge in [-0.2, -0.15) is 0 Å². The number of anilines is 1. The summed E-state index contributed by atoms with van der Waals surface area (Å²) < 4.78 is 0. The van der Waals surface area contributed by atoms with Crippen molar-refractivity contribution in [2.75, 3.05) is 11.9 Å². The summed E-state index contributed by atoms with van der Waals surface area (Å²) in [6.07, 6.45) is 0. The highest BCUT2D eigenvalue weighted by molar-refractivity contribution is 7.99. The topological polar surface area (TPSA) is 24.9 Å². The quantitative estimate of drug-likeness (QED) is 0.867. The molecule has 2 rings (SSSR count). The molecule has 0 bridgehead atoms. The van der Waals surface area contributed by atoms with Gasteiger partial charge in [0.05, 0.1) is 0 Å². The van der Waals surface area contributed by atoms with Crippen LogP contribution in [0.25, 0.3) is 0 Å². The van der Waals surface area contributed by atoms with E-state index in [0.29, 0.717) is 0 Å². The monoisotopic (exact) mass is 230 g/mol. The Morgan fingerprint density at radius 2 is 1.88 bits per heavy atom. The highest BCUT2D eigenvalue weighted by Gasteiger charge is 1.99. The van der Waals surface area contributed by atoms with E-state index in [2.05, 4.69) is 29.4 Å². The van der Waals surface area contributed by atoms with Crippen LogP contribution in [0.1, 0.15) is 6.92 Å². The molecule has 2 aromatic rings. The molecule has 0 fully saturated rings. The Hall–Kier alpha value is -1.48. The molecule has 1 aromatic carbocycles. The Balaban J connectivity index is 2.12. The summed E-state index contributed by atoms with van der Waals surface area (Å²) in [5.41, 5.74) is 0. The van der Waals surface area contributed by atoms with Gasteiger partial charge in [-0.25, -0.2) is 4.98 Å². The number of hydrogen-bond acceptors (Lipinski definition) is 3. The van der Waals surface area contributed by atoms with Crippen LogP contribution < -0.4 is 5.32 Å². The van der Waals surface area contributed by atoms with Gasteiger partial charge in [-0.3, -0.25) is 0 Å². The van der Waals surface area contributed by atoms with E-state index in [4.69, 9.17) is 0 Å². The second-order valence-electron chi connectivity index (χ2n) is 3.31. The summed E-state index contributed by atoms with van der Waals surface area (Å²) in [4.78, 5) is 5.72. The minimum atomic E-state index is 0.895. The molecule has 0 saturated heterocycles. The van der Waals surface area contributed by atoms with E-state index in [0.717, 1.165) is 17.4 Å². The molecule has 0 saturated carbocycles. The maximum Gasteiger partial charge on any atom is 0.127 e. The van der Waals surface area contributed by atoms with Crippen LogP contribution in [0, 0.1) is 0 Å². The maximum absolute atomic E-state index is 4.51. The van der Waals surface area contributed by atoms with Crippen molar-refractivity contribution in [1.29, 1.82) is 0 Å². The zero-order valence-corrected chi connectivity index (χ0v) is 10.00. The zero-order chi connectivity index (χ0) is 11.2. The van der Waals surface area contributed by atoms with Gasteiger partial charge in [0.25, 0.3) is 0 Å². The minimum absolute atomic E-state index is 0.895. The molecule has 0 aliphatic heterocycles. The molecule has 16 heavy (non-hydrogen) atoms. The van der Waals surface area contributed by atoms with Gasteiger partial charge in [0.1, 0.15) is 10.8 Å². The lowest BCUT2D eigenvalue weighted by Crippen LogP contribution is -1.98. The second kappa shape index (κ2) is 5.56. The molecule has 0 aliphatic rings. The van der Waals surface area contributed by atoms with Crippen molar-refractivity contribution < 1.29 is 0 Å². The minimum Gasteiger partial charge on any atom is -0.370 e. The van der Waals surface area contributed by atoms with E-state index in [9.17, 15) is 0 Å². The Morgan fingerprint density at radius 1 is 1.06 bits per heavy atom. The van der Waals surface area contributed by atoms with Crippen LogP contribution in [-0.2, 0) is 0 Å². The maximum atomic E-state index is 4.51. The number of hydrogen-bond donors (Lipinski definition) is 1. The van der Waals surface area contributed by atoms with E-state index in [1.165, 1.54) is 4.90 Å². The molecular weight excluding hydrogens is 216 g/mol. The molecule has 82 valence electrons. The third-order valence-corrected chi connectivity index (χ3v) is 2.99. The molecule has 3 heteroatoms. The Kier molecular flexibility index (Phi) is 3.83. The normalized spacial score (nSPS) is 10.1. The fourth-order valence-corrected chi connectivity index (χ4v) is 2.19. The van der Waals surface area contributed by atoms with Crippen molar-refractivity contribution in [3.8, 4) is 0 Å². The van der Waals surface area contributed by atoms with Crippen LogP contribution in [0.3, 0.4) is 0 Å². The molecule has 0 atom stereocenters. The van der Waals surface area contributed by atoms with Crippen molar-refractivity contribution in [2.24, 2.45) is 0 Å². The number of nitrogens with one attached hydrogen (secondary N) is 1. The van der Waals surface area contributed by atoms with Crippen LogP contribution in [-0.4, -0.2) is 11.5 Å². The van der Waals surface area contributed by atoms with E-state index in [1.807, 2.05) is 36.4 Å². The Labute approximate surface area is 100 Å². The van der Waals surface area contributed by atoms with Crippen LogP contribution >= 0.6 is 11.8 Å². The Morgan fingerprint density at radius 3 is 2.62 bits per heavy atom. The molecule has 1 heterocycles. The summed E-state index contributed by atoms with van der Waals surface area (Å²) in [7, 11) is 0. The van der Waals surface area contributed by atoms with Gasteiger partial charge in [0.2, 0.25) is 0 Å². The molecule has 1 N–H and O–H groups in total. The first-order valence-electron chi connectivity index (χ1n) is 5.32. The smallest absolute Gasteiger partial charge is 0.127 e. The molecular formula is C13H14N2S. The number of aromatic nitrogens is 1. The lowest BCUT2D eigenvalue weighted by Gasteiger charge is -2.04. The van der Waals surface area contributed by atoms with Crippen LogP contribution in [0.15, 0.2) is 58.5 Å². The van der Waals surface area contributed by atoms with Crippen LogP contribution in [0.2, 0.25) is 0 Å². The summed E-state index contributed by atoms with van der Waals surface area (Å²) >= 11 is 1.68. The fourth-order valence-electron chi connectivity index (χ4n) is 1.36. The van der Waals surface area contributed by atoms with Crippen molar-refractivity contribution in [2.45, 2.75) is 16.8 Å². The molecule has 0 spiro atoms. The highest BCUT2D eigenvalue weighted by Crippen LogP contribution is 2.26. The lowest BCUT2D eigenvalue weighted by atomic mass is 10.4. The number of nitrogens with zero attached hydrogens (tertiary/aromatic N) is 1. The largest absolute Gasteiger partial charge is 0.370 e. The molecule has 1 aromatic heterocycles. The summed E-state index contributed by atoms with van der Waals surface area (Å²) in [5, 5.41) is 4.23. The summed E-state index contributed by atoms with van der Waals surface area (Å²) in [6, 6.07) is 16.3. The van der Waals surface area contributed by atoms with E-state index in [-0.39, 0.29) is 0 Å². The average Bonchev–Trinajstić information content (AvgIpc) is 2.31. The van der Waals surface area contributed by atoms with Gasteiger partial charge in [0.15, 0.2) is 0 Å². The predicted molar refractivity (Wildman–Crippen MR) is 69.0 cm³/mol. The number of benzene rings is 1. The first-order valence-corrected chi connectivity index (χ1v) is 6.14. The molecule has 0 unspecified atom stereocenters. The SMILES string of the molecule is CCNc1cccc(Sc2ccccc2)n1. The third kappa shape index (κ3) is 3.00. The van der Waals surface area contributed by atoms with Gasteiger partial charge < -0.3 is 5.32 Å². The van der Waals surface area contributed by atoms with Crippen molar-refractivity contribution in [3.63, 3.8) is 0 Å². The lowest BCUT2D eigenvalue weighted by molar-refractivity contribution is 1.08. The fraction of sp³-hybridized carbons (Fsp3) is 0.154. The molecule has 2 nitrogen and oxygen atoms in total. The van der Waals surface area contributed by atoms with E-state index >= 15 is 0 Å². The van der Waals surface area contributed by atoms with Gasteiger partial charge in [0, 0.05) is 11.4 Å². The summed E-state index contributed by atoms with van der Waals surface area (Å²) in [5.74, 6) is 0.934. The van der Waals surface area contributed by atoms with Gasteiger partial charge in [-0.15, -0.1) is 0 Å². The Bertz CT molecular complexity index is 443. The standard InChI is InChI=1S/C13H14N2S/c1-2-14-12-9-6-10-13(15-12)16-11-7-4-3-5-8-11/h3-10H,2H2,1H3,(H,14,15). The highest BCUT2D eigenvalue weighted by atomic mass is 32.2. The zero-order valence-electron chi connectivity index (χ0n) is 9.18. The average molecular weight is 230 g/mol. The van der Waals surface area contributed by atoms with Crippen LogP contribution in [0.4, 0.5) is 5.82 Å². The van der Waals surface area contributed by atoms with Crippen molar-refractivity contribution in [3.05, 3.63) is 48.5 Å². The molecule has 0 radical (unpaired) electrons. The summed E-state index contributed by atoms with van der Waals surface area (Å²) in [6.45, 7) is 2.96. The van der Waals surface area contributed by atoms with E-state index < -0.39 is 0 Å². The third-order valence-electron chi connectivity index (χ3n) is 2.05. The molecule has 0 aliphatic carbocycles. The van der Waals surface area contributed by atoms with Gasteiger partial charge in [-0.1, -0.05) is 36.0 Å². The number of rotatable bonds is 4. The first-order chi connectivity index (χ1) is 7.88. The first kappa shape index (κ1) is 11.0. The van der Waals surface area contributed by atoms with Gasteiger partial charge >= 0.3 is 0 Å². The predicted octanol–water partition coefficient (Wildman–Crippen LogP) is 3.66. The van der Waals surface area contributed by atoms with Crippen molar-refractivity contribution >= 4 is 17.6 Å². The van der Waals surface area contributed by atoms with Gasteiger partial charge in [-0.05, 0) is 31.2 Å². The number of pyridine rings is 1. The second-order valence-corrected chi connectivity index (χ2v) is 4.40.